The molecular weight excluding hydrogens is 190 g/mol. The Balaban J connectivity index is 1.93. The fraction of sp³-hybridized carbons (Fsp3) is 0.545. The Morgan fingerprint density at radius 2 is 2.13 bits per heavy atom. The highest BCUT2D eigenvalue weighted by atomic mass is 16.2. The van der Waals surface area contributed by atoms with Gasteiger partial charge in [0.05, 0.1) is 0 Å². The molecule has 1 aliphatic rings. The number of rotatable bonds is 2. The Labute approximate surface area is 89.1 Å². The molecule has 0 spiro atoms. The van der Waals surface area contributed by atoms with Crippen molar-refractivity contribution < 1.29 is 4.79 Å². The summed E-state index contributed by atoms with van der Waals surface area (Å²) in [6.45, 7) is 2.21. The molecule has 1 heterocycles. The van der Waals surface area contributed by atoms with E-state index in [0.717, 1.165) is 12.8 Å². The van der Waals surface area contributed by atoms with Gasteiger partial charge in [-0.1, -0.05) is 6.92 Å². The van der Waals surface area contributed by atoms with Gasteiger partial charge in [-0.05, 0) is 31.2 Å². The molecule has 15 heavy (non-hydrogen) atoms. The third kappa shape index (κ3) is 2.52. The van der Waals surface area contributed by atoms with Gasteiger partial charge in [-0.15, -0.1) is 0 Å². The van der Waals surface area contributed by atoms with Gasteiger partial charge in [0, 0.05) is 18.4 Å². The largest absolute Gasteiger partial charge is 0.347 e. The lowest BCUT2D eigenvalue weighted by atomic mass is 10.1. The molecule has 4 nitrogen and oxygen atoms in total. The maximum atomic E-state index is 11.7. The molecule has 1 aromatic heterocycles. The van der Waals surface area contributed by atoms with Crippen LogP contribution in [0.2, 0.25) is 0 Å². The summed E-state index contributed by atoms with van der Waals surface area (Å²) in [4.78, 5) is 19.5. The number of carbonyl (C=O) groups is 1. The molecule has 2 unspecified atom stereocenters. The number of hydrogen-bond donors (Lipinski definition) is 1. The fourth-order valence-corrected chi connectivity index (χ4v) is 2.00. The predicted molar refractivity (Wildman–Crippen MR) is 56.3 cm³/mol. The molecule has 1 saturated carbocycles. The van der Waals surface area contributed by atoms with E-state index in [1.165, 1.54) is 6.42 Å². The van der Waals surface area contributed by atoms with E-state index in [2.05, 4.69) is 22.2 Å². The Kier molecular flexibility index (Phi) is 2.94. The molecule has 0 aromatic carbocycles. The summed E-state index contributed by atoms with van der Waals surface area (Å²) < 4.78 is 0. The zero-order valence-corrected chi connectivity index (χ0v) is 8.81. The molecule has 1 amide bonds. The first-order valence-corrected chi connectivity index (χ1v) is 5.33. The number of aromatic nitrogens is 2. The summed E-state index contributed by atoms with van der Waals surface area (Å²) in [5.41, 5.74) is 0. The van der Waals surface area contributed by atoms with Crippen LogP contribution in [-0.2, 0) is 0 Å². The molecule has 0 saturated heterocycles. The molecule has 1 N–H and O–H groups in total. The minimum Gasteiger partial charge on any atom is -0.347 e. The van der Waals surface area contributed by atoms with Crippen LogP contribution in [0.4, 0.5) is 0 Å². The molecule has 2 rings (SSSR count). The van der Waals surface area contributed by atoms with Crippen LogP contribution in [0.25, 0.3) is 0 Å². The van der Waals surface area contributed by atoms with Crippen LogP contribution in [0.3, 0.4) is 0 Å². The van der Waals surface area contributed by atoms with E-state index < -0.39 is 0 Å². The second-order valence-electron chi connectivity index (χ2n) is 4.16. The van der Waals surface area contributed by atoms with E-state index in [0.29, 0.717) is 12.0 Å². The monoisotopic (exact) mass is 205 g/mol. The van der Waals surface area contributed by atoms with Crippen molar-refractivity contribution in [3.63, 3.8) is 0 Å². The smallest absolute Gasteiger partial charge is 0.289 e. The third-order valence-corrected chi connectivity index (χ3v) is 2.80. The average Bonchev–Trinajstić information content (AvgIpc) is 2.65. The number of nitrogens with zero attached hydrogens (tertiary/aromatic N) is 2. The quantitative estimate of drug-likeness (QED) is 0.793. The van der Waals surface area contributed by atoms with E-state index in [1.54, 1.807) is 18.5 Å². The molecule has 0 radical (unpaired) electrons. The summed E-state index contributed by atoms with van der Waals surface area (Å²) in [5.74, 6) is 0.818. The second-order valence-corrected chi connectivity index (χ2v) is 4.16. The Hall–Kier alpha value is -1.45. The Morgan fingerprint density at radius 1 is 1.40 bits per heavy atom. The van der Waals surface area contributed by atoms with Gasteiger partial charge < -0.3 is 5.32 Å². The highest BCUT2D eigenvalue weighted by Gasteiger charge is 2.23. The molecular formula is C11H15N3O. The summed E-state index contributed by atoms with van der Waals surface area (Å²) in [7, 11) is 0. The first-order chi connectivity index (χ1) is 7.25. The summed E-state index contributed by atoms with van der Waals surface area (Å²) >= 11 is 0. The van der Waals surface area contributed by atoms with Crippen LogP contribution in [0.1, 0.15) is 36.8 Å². The van der Waals surface area contributed by atoms with Gasteiger partial charge in [-0.25, -0.2) is 9.97 Å². The number of amides is 1. The molecule has 0 bridgehead atoms. The van der Waals surface area contributed by atoms with Gasteiger partial charge in [0.2, 0.25) is 5.82 Å². The molecule has 1 aromatic rings. The van der Waals surface area contributed by atoms with Crippen molar-refractivity contribution in [1.82, 2.24) is 15.3 Å². The summed E-state index contributed by atoms with van der Waals surface area (Å²) in [6.07, 6.45) is 6.50. The highest BCUT2D eigenvalue weighted by Crippen LogP contribution is 2.24. The van der Waals surface area contributed by atoms with Crippen LogP contribution in [0.15, 0.2) is 18.5 Å². The van der Waals surface area contributed by atoms with Crippen LogP contribution in [-0.4, -0.2) is 21.9 Å². The maximum Gasteiger partial charge on any atom is 0.289 e. The zero-order chi connectivity index (χ0) is 10.7. The van der Waals surface area contributed by atoms with Gasteiger partial charge in [-0.3, -0.25) is 4.79 Å². The van der Waals surface area contributed by atoms with E-state index in [-0.39, 0.29) is 11.7 Å². The molecule has 1 fully saturated rings. The van der Waals surface area contributed by atoms with Crippen LogP contribution in [0, 0.1) is 5.92 Å². The van der Waals surface area contributed by atoms with Crippen LogP contribution < -0.4 is 5.32 Å². The van der Waals surface area contributed by atoms with Crippen molar-refractivity contribution in [2.75, 3.05) is 0 Å². The molecule has 2 atom stereocenters. The van der Waals surface area contributed by atoms with Gasteiger partial charge in [0.15, 0.2) is 0 Å². The second kappa shape index (κ2) is 4.38. The van der Waals surface area contributed by atoms with Crippen molar-refractivity contribution >= 4 is 5.91 Å². The Morgan fingerprint density at radius 3 is 2.73 bits per heavy atom. The number of hydrogen-bond acceptors (Lipinski definition) is 3. The minimum absolute atomic E-state index is 0.158. The lowest BCUT2D eigenvalue weighted by Crippen LogP contribution is -2.33. The summed E-state index contributed by atoms with van der Waals surface area (Å²) in [5, 5.41) is 2.96. The topological polar surface area (TPSA) is 54.9 Å². The lowest BCUT2D eigenvalue weighted by molar-refractivity contribution is 0.0926. The fourth-order valence-electron chi connectivity index (χ4n) is 2.00. The lowest BCUT2D eigenvalue weighted by Gasteiger charge is -2.10. The van der Waals surface area contributed by atoms with Crippen LogP contribution in [0.5, 0.6) is 0 Å². The van der Waals surface area contributed by atoms with Crippen molar-refractivity contribution in [3.8, 4) is 0 Å². The van der Waals surface area contributed by atoms with Gasteiger partial charge in [0.1, 0.15) is 0 Å². The minimum atomic E-state index is -0.158. The molecule has 4 heteroatoms. The van der Waals surface area contributed by atoms with E-state index in [9.17, 15) is 4.79 Å². The van der Waals surface area contributed by atoms with E-state index in [1.807, 2.05) is 0 Å². The van der Waals surface area contributed by atoms with E-state index in [4.69, 9.17) is 0 Å². The van der Waals surface area contributed by atoms with Crippen molar-refractivity contribution in [2.45, 2.75) is 32.2 Å². The third-order valence-electron chi connectivity index (χ3n) is 2.80. The first kappa shape index (κ1) is 10.1. The normalized spacial score (nSPS) is 25.1. The summed E-state index contributed by atoms with van der Waals surface area (Å²) in [6, 6.07) is 2.00. The number of nitrogens with one attached hydrogen (secondary N) is 1. The van der Waals surface area contributed by atoms with Crippen molar-refractivity contribution in [3.05, 3.63) is 24.3 Å². The zero-order valence-electron chi connectivity index (χ0n) is 8.81. The van der Waals surface area contributed by atoms with E-state index >= 15 is 0 Å². The maximum absolute atomic E-state index is 11.7. The van der Waals surface area contributed by atoms with Gasteiger partial charge in [-0.2, -0.15) is 0 Å². The Bertz CT molecular complexity index is 339. The highest BCUT2D eigenvalue weighted by molar-refractivity contribution is 5.90. The van der Waals surface area contributed by atoms with Gasteiger partial charge in [0.25, 0.3) is 5.91 Å². The predicted octanol–water partition coefficient (Wildman–Crippen LogP) is 1.40. The van der Waals surface area contributed by atoms with Gasteiger partial charge >= 0.3 is 0 Å². The molecule has 80 valence electrons. The van der Waals surface area contributed by atoms with Crippen molar-refractivity contribution in [2.24, 2.45) is 5.92 Å². The number of carbonyl (C=O) groups excluding carboxylic acids is 1. The van der Waals surface area contributed by atoms with Crippen molar-refractivity contribution in [1.29, 1.82) is 0 Å². The standard InChI is InChI=1S/C11H15N3O/c1-8-3-4-9(7-8)14-11(15)10-12-5-2-6-13-10/h2,5-6,8-9H,3-4,7H2,1H3,(H,14,15). The molecule has 0 aliphatic heterocycles. The SMILES string of the molecule is CC1CCC(NC(=O)c2ncccn2)C1. The average molecular weight is 205 g/mol. The molecule has 1 aliphatic carbocycles. The van der Waals surface area contributed by atoms with Crippen LogP contribution >= 0.6 is 0 Å². The first-order valence-electron chi connectivity index (χ1n) is 5.33.